The fraction of sp³-hybridized carbons (Fsp3) is 0.190. The Morgan fingerprint density at radius 2 is 2.00 bits per heavy atom. The molecule has 0 bridgehead atoms. The average molecular weight is 352 g/mol. The number of ether oxygens (including phenoxy) is 1. The molecule has 0 aliphatic rings. The molecule has 0 radical (unpaired) electrons. The molecule has 26 heavy (non-hydrogen) atoms. The lowest BCUT2D eigenvalue weighted by atomic mass is 9.97. The molecule has 1 amide bonds. The maximum Gasteiger partial charge on any atom is 0.255 e. The second kappa shape index (κ2) is 6.67. The van der Waals surface area contributed by atoms with E-state index in [2.05, 4.69) is 6.58 Å². The standard InChI is InChI=1S/C21H21FN2O2/c1-5-7-15-12(3)20-16(8-13(15)6-2)17-9-14(26-11-19(23)25)10-18(22)21(17)24(20)4/h5-10H,2,11H2,1,3-4H3,(H2,23,25)/b7-5-. The molecule has 134 valence electrons. The van der Waals surface area contributed by atoms with E-state index < -0.39 is 11.7 Å². The van der Waals surface area contributed by atoms with Crippen molar-refractivity contribution in [2.45, 2.75) is 13.8 Å². The zero-order chi connectivity index (χ0) is 19.0. The quantitative estimate of drug-likeness (QED) is 0.743. The van der Waals surface area contributed by atoms with Crippen molar-refractivity contribution in [3.8, 4) is 5.75 Å². The Morgan fingerprint density at radius 1 is 1.31 bits per heavy atom. The third-order valence-corrected chi connectivity index (χ3v) is 4.56. The Balaban J connectivity index is 2.38. The molecule has 2 N–H and O–H groups in total. The number of aryl methyl sites for hydroxylation is 2. The van der Waals surface area contributed by atoms with Crippen LogP contribution in [-0.4, -0.2) is 17.1 Å². The number of aromatic nitrogens is 1. The van der Waals surface area contributed by atoms with Crippen LogP contribution in [0.25, 0.3) is 34.0 Å². The van der Waals surface area contributed by atoms with Gasteiger partial charge in [-0.05, 0) is 42.7 Å². The monoisotopic (exact) mass is 352 g/mol. The van der Waals surface area contributed by atoms with Crippen LogP contribution >= 0.6 is 0 Å². The van der Waals surface area contributed by atoms with Crippen LogP contribution in [0, 0.1) is 12.7 Å². The van der Waals surface area contributed by atoms with Crippen LogP contribution in [0.5, 0.6) is 5.75 Å². The van der Waals surface area contributed by atoms with E-state index in [1.54, 1.807) is 12.1 Å². The molecule has 0 unspecified atom stereocenters. The van der Waals surface area contributed by atoms with Crippen LogP contribution < -0.4 is 10.5 Å². The van der Waals surface area contributed by atoms with Gasteiger partial charge in [-0.1, -0.05) is 24.8 Å². The highest BCUT2D eigenvalue weighted by atomic mass is 19.1. The van der Waals surface area contributed by atoms with Crippen molar-refractivity contribution in [2.75, 3.05) is 6.61 Å². The number of hydrogen-bond acceptors (Lipinski definition) is 2. The number of nitrogens with two attached hydrogens (primary N) is 1. The molecule has 1 aromatic heterocycles. The molecule has 0 fully saturated rings. The van der Waals surface area contributed by atoms with E-state index in [0.29, 0.717) is 5.52 Å². The van der Waals surface area contributed by atoms with Crippen LogP contribution in [0.3, 0.4) is 0 Å². The molecule has 0 atom stereocenters. The second-order valence-electron chi connectivity index (χ2n) is 6.22. The summed E-state index contributed by atoms with van der Waals surface area (Å²) in [6, 6.07) is 5.02. The maximum atomic E-state index is 14.8. The van der Waals surface area contributed by atoms with Gasteiger partial charge in [0.2, 0.25) is 0 Å². The number of carbonyl (C=O) groups excluding carboxylic acids is 1. The predicted octanol–water partition coefficient (Wildman–Crippen LogP) is 4.32. The van der Waals surface area contributed by atoms with E-state index in [1.165, 1.54) is 6.07 Å². The SMILES string of the molecule is C=Cc1cc2c3cc(OCC(N)=O)cc(F)c3n(C)c2c(C)c1/C=C\C. The van der Waals surface area contributed by atoms with E-state index in [1.807, 2.05) is 43.7 Å². The maximum absolute atomic E-state index is 14.8. The normalized spacial score (nSPS) is 11.5. The van der Waals surface area contributed by atoms with Gasteiger partial charge in [-0.25, -0.2) is 4.39 Å². The highest BCUT2D eigenvalue weighted by Gasteiger charge is 2.18. The molecule has 0 saturated heterocycles. The smallest absolute Gasteiger partial charge is 0.255 e. The summed E-state index contributed by atoms with van der Waals surface area (Å²) >= 11 is 0. The van der Waals surface area contributed by atoms with Gasteiger partial charge in [0.05, 0.1) is 11.0 Å². The van der Waals surface area contributed by atoms with Gasteiger partial charge in [0.25, 0.3) is 5.91 Å². The zero-order valence-corrected chi connectivity index (χ0v) is 15.1. The molecule has 3 aromatic rings. The van der Waals surface area contributed by atoms with Crippen molar-refractivity contribution >= 4 is 39.9 Å². The Hall–Kier alpha value is -3.08. The summed E-state index contributed by atoms with van der Waals surface area (Å²) in [4.78, 5) is 10.9. The molecule has 0 aliphatic carbocycles. The first-order valence-electron chi connectivity index (χ1n) is 8.30. The minimum atomic E-state index is -0.607. The Labute approximate surface area is 151 Å². The van der Waals surface area contributed by atoms with Crippen molar-refractivity contribution in [2.24, 2.45) is 12.8 Å². The number of amides is 1. The molecule has 5 heteroatoms. The summed E-state index contributed by atoms with van der Waals surface area (Å²) < 4.78 is 21.9. The van der Waals surface area contributed by atoms with Gasteiger partial charge in [-0.2, -0.15) is 0 Å². The van der Waals surface area contributed by atoms with Crippen molar-refractivity contribution in [1.82, 2.24) is 4.57 Å². The van der Waals surface area contributed by atoms with Crippen LogP contribution in [0.2, 0.25) is 0 Å². The number of carbonyl (C=O) groups is 1. The number of allylic oxidation sites excluding steroid dienone is 1. The Bertz CT molecular complexity index is 1080. The molecular formula is C21H21FN2O2. The van der Waals surface area contributed by atoms with E-state index in [-0.39, 0.29) is 12.4 Å². The molecule has 0 spiro atoms. The van der Waals surface area contributed by atoms with Gasteiger partial charge < -0.3 is 15.0 Å². The lowest BCUT2D eigenvalue weighted by molar-refractivity contribution is -0.119. The lowest BCUT2D eigenvalue weighted by Gasteiger charge is -2.10. The summed E-state index contributed by atoms with van der Waals surface area (Å²) in [7, 11) is 1.84. The third kappa shape index (κ3) is 2.75. The molecule has 1 heterocycles. The minimum absolute atomic E-state index is 0.275. The number of benzene rings is 2. The number of fused-ring (bicyclic) bond motifs is 3. The Kier molecular flexibility index (Phi) is 4.55. The second-order valence-corrected chi connectivity index (χ2v) is 6.22. The average Bonchev–Trinajstić information content (AvgIpc) is 2.88. The molecular weight excluding hydrogens is 331 g/mol. The summed E-state index contributed by atoms with van der Waals surface area (Å²) in [5.74, 6) is -0.742. The number of hydrogen-bond donors (Lipinski definition) is 1. The van der Waals surface area contributed by atoms with Crippen LogP contribution in [0.15, 0.2) is 30.9 Å². The fourth-order valence-corrected chi connectivity index (χ4v) is 3.51. The fourth-order valence-electron chi connectivity index (χ4n) is 3.51. The van der Waals surface area contributed by atoms with Gasteiger partial charge in [0, 0.05) is 23.9 Å². The highest BCUT2D eigenvalue weighted by Crippen LogP contribution is 2.37. The molecule has 0 saturated carbocycles. The first-order chi connectivity index (χ1) is 12.4. The first-order valence-corrected chi connectivity index (χ1v) is 8.30. The Morgan fingerprint density at radius 3 is 2.62 bits per heavy atom. The number of nitrogens with zero attached hydrogens (tertiary/aromatic N) is 1. The van der Waals surface area contributed by atoms with Crippen molar-refractivity contribution in [1.29, 1.82) is 0 Å². The molecule has 2 aromatic carbocycles. The molecule has 0 aliphatic heterocycles. The van der Waals surface area contributed by atoms with E-state index in [0.717, 1.165) is 33.0 Å². The van der Waals surface area contributed by atoms with Gasteiger partial charge in [0.1, 0.15) is 5.75 Å². The van der Waals surface area contributed by atoms with Gasteiger partial charge in [0.15, 0.2) is 12.4 Å². The summed E-state index contributed by atoms with van der Waals surface area (Å²) in [6.07, 6.45) is 5.80. The number of rotatable bonds is 5. The number of halogens is 1. The van der Waals surface area contributed by atoms with Crippen LogP contribution in [0.1, 0.15) is 23.6 Å². The van der Waals surface area contributed by atoms with E-state index in [4.69, 9.17) is 10.5 Å². The largest absolute Gasteiger partial charge is 0.484 e. The van der Waals surface area contributed by atoms with E-state index in [9.17, 15) is 9.18 Å². The minimum Gasteiger partial charge on any atom is -0.484 e. The van der Waals surface area contributed by atoms with Gasteiger partial charge in [-0.3, -0.25) is 4.79 Å². The van der Waals surface area contributed by atoms with Crippen molar-refractivity contribution in [3.05, 3.63) is 53.4 Å². The number of primary amides is 1. The summed E-state index contributed by atoms with van der Waals surface area (Å²) in [6.45, 7) is 7.59. The van der Waals surface area contributed by atoms with Gasteiger partial charge >= 0.3 is 0 Å². The molecule has 3 rings (SSSR count). The predicted molar refractivity (Wildman–Crippen MR) is 105 cm³/mol. The summed E-state index contributed by atoms with van der Waals surface area (Å²) in [5, 5.41) is 1.63. The van der Waals surface area contributed by atoms with Gasteiger partial charge in [-0.15, -0.1) is 0 Å². The summed E-state index contributed by atoms with van der Waals surface area (Å²) in [5.41, 5.74) is 9.63. The third-order valence-electron chi connectivity index (χ3n) is 4.56. The van der Waals surface area contributed by atoms with E-state index >= 15 is 0 Å². The van der Waals surface area contributed by atoms with Crippen LogP contribution in [-0.2, 0) is 11.8 Å². The first kappa shape index (κ1) is 17.7. The van der Waals surface area contributed by atoms with Crippen LogP contribution in [0.4, 0.5) is 4.39 Å². The zero-order valence-electron chi connectivity index (χ0n) is 15.1. The van der Waals surface area contributed by atoms with Crippen molar-refractivity contribution < 1.29 is 13.9 Å². The topological polar surface area (TPSA) is 57.2 Å². The van der Waals surface area contributed by atoms with Crippen molar-refractivity contribution in [3.63, 3.8) is 0 Å². The lowest BCUT2D eigenvalue weighted by Crippen LogP contribution is -2.20. The highest BCUT2D eigenvalue weighted by molar-refractivity contribution is 6.11. The molecule has 4 nitrogen and oxygen atoms in total.